The molecule has 3 aromatic rings. The molecule has 0 aliphatic rings. The molecular weight excluding hydrogens is 297 g/mol. The summed E-state index contributed by atoms with van der Waals surface area (Å²) in [6, 6.07) is 7.74. The number of benzene rings is 1. The molecule has 0 unspecified atom stereocenters. The summed E-state index contributed by atoms with van der Waals surface area (Å²) in [5.74, 6) is -0.380. The van der Waals surface area contributed by atoms with Crippen molar-refractivity contribution < 1.29 is 22.4 Å². The van der Waals surface area contributed by atoms with E-state index in [0.29, 0.717) is 11.1 Å². The summed E-state index contributed by atoms with van der Waals surface area (Å²) in [6.07, 6.45) is -1.75. The molecule has 112 valence electrons. The number of pyridine rings is 1. The van der Waals surface area contributed by atoms with Gasteiger partial charge in [0.25, 0.3) is 5.91 Å². The van der Waals surface area contributed by atoms with Crippen LogP contribution in [0.2, 0.25) is 0 Å². The molecule has 0 aliphatic heterocycles. The second kappa shape index (κ2) is 5.18. The molecule has 22 heavy (non-hydrogen) atoms. The van der Waals surface area contributed by atoms with E-state index in [4.69, 9.17) is 4.42 Å². The molecule has 2 heterocycles. The second-order valence-electron chi connectivity index (χ2n) is 4.52. The molecule has 3 rings (SSSR count). The molecule has 1 N–H and O–H groups in total. The quantitative estimate of drug-likeness (QED) is 0.775. The van der Waals surface area contributed by atoms with Crippen LogP contribution in [0.15, 0.2) is 53.3 Å². The van der Waals surface area contributed by atoms with Crippen molar-refractivity contribution in [1.82, 2.24) is 4.98 Å². The van der Waals surface area contributed by atoms with Crippen LogP contribution in [0.25, 0.3) is 10.9 Å². The van der Waals surface area contributed by atoms with Crippen molar-refractivity contribution in [3.63, 3.8) is 0 Å². The first-order chi connectivity index (χ1) is 10.4. The zero-order valence-corrected chi connectivity index (χ0v) is 11.0. The standard InChI is InChI=1S/C15H9F3N2O2/c16-15(17,18)9-3-4-10-11(5-6-19-12(10)8-9)20-14(21)13-2-1-7-22-13/h1-8H,(H,19,20,21). The lowest BCUT2D eigenvalue weighted by molar-refractivity contribution is -0.137. The van der Waals surface area contributed by atoms with Gasteiger partial charge in [-0.15, -0.1) is 0 Å². The minimum Gasteiger partial charge on any atom is -0.459 e. The smallest absolute Gasteiger partial charge is 0.416 e. The van der Waals surface area contributed by atoms with Crippen LogP contribution >= 0.6 is 0 Å². The molecule has 0 radical (unpaired) electrons. The number of furan rings is 1. The Morgan fingerprint density at radius 1 is 1.18 bits per heavy atom. The van der Waals surface area contributed by atoms with Gasteiger partial charge in [0.15, 0.2) is 5.76 Å². The number of alkyl halides is 3. The summed E-state index contributed by atoms with van der Waals surface area (Å²) in [6.45, 7) is 0. The van der Waals surface area contributed by atoms with Crippen molar-refractivity contribution in [2.75, 3.05) is 5.32 Å². The van der Waals surface area contributed by atoms with E-state index in [1.54, 1.807) is 6.07 Å². The number of fused-ring (bicyclic) bond motifs is 1. The predicted molar refractivity (Wildman–Crippen MR) is 73.4 cm³/mol. The SMILES string of the molecule is O=C(Nc1ccnc2cc(C(F)(F)F)ccc12)c1ccco1. The largest absolute Gasteiger partial charge is 0.459 e. The Morgan fingerprint density at radius 2 is 2.00 bits per heavy atom. The fourth-order valence-electron chi connectivity index (χ4n) is 2.03. The molecule has 7 heteroatoms. The summed E-state index contributed by atoms with van der Waals surface area (Å²) < 4.78 is 43.1. The third-order valence-electron chi connectivity index (χ3n) is 3.06. The minimum atomic E-state index is -4.44. The van der Waals surface area contributed by atoms with E-state index in [0.717, 1.165) is 12.1 Å². The lowest BCUT2D eigenvalue weighted by Gasteiger charge is -2.10. The van der Waals surface area contributed by atoms with Crippen LogP contribution < -0.4 is 5.32 Å². The molecule has 0 saturated carbocycles. The topological polar surface area (TPSA) is 55.1 Å². The summed E-state index contributed by atoms with van der Waals surface area (Å²) in [4.78, 5) is 15.9. The highest BCUT2D eigenvalue weighted by atomic mass is 19.4. The summed E-state index contributed by atoms with van der Waals surface area (Å²) >= 11 is 0. The Morgan fingerprint density at radius 3 is 2.68 bits per heavy atom. The van der Waals surface area contributed by atoms with Crippen LogP contribution in [0.5, 0.6) is 0 Å². The number of amides is 1. The third kappa shape index (κ3) is 2.65. The van der Waals surface area contributed by atoms with Gasteiger partial charge in [-0.2, -0.15) is 13.2 Å². The van der Waals surface area contributed by atoms with Gasteiger partial charge in [-0.05, 0) is 30.3 Å². The first-order valence-electron chi connectivity index (χ1n) is 6.26. The van der Waals surface area contributed by atoms with E-state index in [2.05, 4.69) is 10.3 Å². The average Bonchev–Trinajstić information content (AvgIpc) is 3.00. The van der Waals surface area contributed by atoms with Gasteiger partial charge in [-0.3, -0.25) is 9.78 Å². The number of aromatic nitrogens is 1. The number of anilines is 1. The van der Waals surface area contributed by atoms with Gasteiger partial charge in [0, 0.05) is 11.6 Å². The van der Waals surface area contributed by atoms with Crippen LogP contribution in [0.3, 0.4) is 0 Å². The monoisotopic (exact) mass is 306 g/mol. The van der Waals surface area contributed by atoms with Gasteiger partial charge in [0.05, 0.1) is 23.0 Å². The fourth-order valence-corrected chi connectivity index (χ4v) is 2.03. The van der Waals surface area contributed by atoms with Crippen LogP contribution in [0, 0.1) is 0 Å². The van der Waals surface area contributed by atoms with Gasteiger partial charge in [-0.1, -0.05) is 6.07 Å². The maximum atomic E-state index is 12.7. The molecule has 1 aromatic carbocycles. The molecule has 0 bridgehead atoms. The lowest BCUT2D eigenvalue weighted by atomic mass is 10.1. The van der Waals surface area contributed by atoms with Gasteiger partial charge in [-0.25, -0.2) is 0 Å². The number of hydrogen-bond donors (Lipinski definition) is 1. The molecule has 0 fully saturated rings. The van der Waals surface area contributed by atoms with E-state index in [9.17, 15) is 18.0 Å². The van der Waals surface area contributed by atoms with Crippen molar-refractivity contribution in [3.05, 3.63) is 60.2 Å². The summed E-state index contributed by atoms with van der Waals surface area (Å²) in [5, 5.41) is 3.00. The Kier molecular flexibility index (Phi) is 3.32. The highest BCUT2D eigenvalue weighted by Crippen LogP contribution is 2.32. The molecule has 2 aromatic heterocycles. The highest BCUT2D eigenvalue weighted by Gasteiger charge is 2.30. The first-order valence-corrected chi connectivity index (χ1v) is 6.26. The van der Waals surface area contributed by atoms with Crippen molar-refractivity contribution in [1.29, 1.82) is 0 Å². The van der Waals surface area contributed by atoms with E-state index in [1.807, 2.05) is 0 Å². The number of carbonyl (C=O) groups is 1. The molecule has 4 nitrogen and oxygen atoms in total. The minimum absolute atomic E-state index is 0.108. The number of carbonyl (C=O) groups excluding carboxylic acids is 1. The summed E-state index contributed by atoms with van der Waals surface area (Å²) in [5.41, 5.74) is -0.283. The maximum absolute atomic E-state index is 12.7. The average molecular weight is 306 g/mol. The van der Waals surface area contributed by atoms with E-state index >= 15 is 0 Å². The van der Waals surface area contributed by atoms with E-state index in [1.165, 1.54) is 30.7 Å². The Balaban J connectivity index is 1.99. The number of rotatable bonds is 2. The third-order valence-corrected chi connectivity index (χ3v) is 3.06. The highest BCUT2D eigenvalue weighted by molar-refractivity contribution is 6.07. The summed E-state index contributed by atoms with van der Waals surface area (Å²) in [7, 11) is 0. The van der Waals surface area contributed by atoms with Gasteiger partial charge in [0.2, 0.25) is 0 Å². The van der Waals surface area contributed by atoms with Crippen molar-refractivity contribution in [2.24, 2.45) is 0 Å². The normalized spacial score (nSPS) is 11.6. The van der Waals surface area contributed by atoms with Crippen molar-refractivity contribution >= 4 is 22.5 Å². The first kappa shape index (κ1) is 14.1. The van der Waals surface area contributed by atoms with Crippen LogP contribution in [0.1, 0.15) is 16.1 Å². The molecule has 0 aliphatic carbocycles. The Bertz CT molecular complexity index is 826. The van der Waals surface area contributed by atoms with Crippen LogP contribution in [-0.2, 0) is 6.18 Å². The molecule has 0 saturated heterocycles. The van der Waals surface area contributed by atoms with Crippen molar-refractivity contribution in [2.45, 2.75) is 6.18 Å². The fraction of sp³-hybridized carbons (Fsp3) is 0.0667. The Labute approximate surface area is 122 Å². The predicted octanol–water partition coefficient (Wildman–Crippen LogP) is 4.10. The number of nitrogens with one attached hydrogen (secondary N) is 1. The second-order valence-corrected chi connectivity index (χ2v) is 4.52. The number of halogens is 3. The maximum Gasteiger partial charge on any atom is 0.416 e. The van der Waals surface area contributed by atoms with E-state index in [-0.39, 0.29) is 11.3 Å². The molecular formula is C15H9F3N2O2. The zero-order valence-electron chi connectivity index (χ0n) is 11.0. The number of nitrogens with zero attached hydrogens (tertiary/aromatic N) is 1. The van der Waals surface area contributed by atoms with E-state index < -0.39 is 17.6 Å². The van der Waals surface area contributed by atoms with Crippen LogP contribution in [0.4, 0.5) is 18.9 Å². The number of hydrogen-bond acceptors (Lipinski definition) is 3. The molecule has 0 atom stereocenters. The zero-order chi connectivity index (χ0) is 15.7. The van der Waals surface area contributed by atoms with Gasteiger partial charge >= 0.3 is 6.18 Å². The Hall–Kier alpha value is -2.83. The lowest BCUT2D eigenvalue weighted by Crippen LogP contribution is -2.11. The van der Waals surface area contributed by atoms with Gasteiger partial charge < -0.3 is 9.73 Å². The van der Waals surface area contributed by atoms with Gasteiger partial charge in [0.1, 0.15) is 0 Å². The van der Waals surface area contributed by atoms with Crippen LogP contribution in [-0.4, -0.2) is 10.9 Å². The van der Waals surface area contributed by atoms with Crippen molar-refractivity contribution in [3.8, 4) is 0 Å². The molecule has 0 spiro atoms. The molecule has 1 amide bonds.